The quantitative estimate of drug-likeness (QED) is 0.455. The zero-order valence-corrected chi connectivity index (χ0v) is 11.3. The van der Waals surface area contributed by atoms with Crippen LogP contribution in [0, 0.1) is 0 Å². The van der Waals surface area contributed by atoms with Gasteiger partial charge < -0.3 is 19.6 Å². The Balaban J connectivity index is -0.000000220. The Hall–Kier alpha value is 1.33. The predicted octanol–water partition coefficient (Wildman–Crippen LogP) is -1.05. The van der Waals surface area contributed by atoms with Crippen LogP contribution >= 0.6 is 15.6 Å². The summed E-state index contributed by atoms with van der Waals surface area (Å²) in [5, 5.41) is 0. The van der Waals surface area contributed by atoms with E-state index in [9.17, 15) is 9.13 Å². The van der Waals surface area contributed by atoms with Crippen molar-refractivity contribution in [1.82, 2.24) is 0 Å². The fourth-order valence-corrected chi connectivity index (χ4v) is 1.25. The molecule has 0 aromatic heterocycles. The van der Waals surface area contributed by atoms with E-state index in [2.05, 4.69) is 4.31 Å². The summed E-state index contributed by atoms with van der Waals surface area (Å²) in [5.74, 6) is 0. The van der Waals surface area contributed by atoms with E-state index in [1.807, 2.05) is 0 Å². The van der Waals surface area contributed by atoms with E-state index in [1.165, 1.54) is 0 Å². The molecule has 0 spiro atoms. The number of hydrogen-bond donors (Lipinski definition) is 4. The molecule has 0 fully saturated rings. The Bertz CT molecular complexity index is 220. The molecule has 0 aliphatic rings. The summed E-state index contributed by atoms with van der Waals surface area (Å²) < 4.78 is 39.1. The van der Waals surface area contributed by atoms with Gasteiger partial charge in [0.25, 0.3) is 0 Å². The molecule has 0 unspecified atom stereocenters. The molecular formula is H4O9P2VZr. The SMILES string of the molecule is O=P(O)(O)OP(=O)(O)O.[O]=[V]=[O].[Zr]. The van der Waals surface area contributed by atoms with Gasteiger partial charge in [0.2, 0.25) is 0 Å². The molecule has 4 N–H and O–H groups in total. The Kier molecular flexibility index (Phi) is 13.2. The molecule has 0 radical (unpaired) electrons. The van der Waals surface area contributed by atoms with Crippen LogP contribution in [0.4, 0.5) is 0 Å². The molecule has 0 rings (SSSR count). The first-order valence-electron chi connectivity index (χ1n) is 1.90. The van der Waals surface area contributed by atoms with Crippen LogP contribution in [0.1, 0.15) is 0 Å². The van der Waals surface area contributed by atoms with Gasteiger partial charge in [-0.15, -0.1) is 0 Å². The van der Waals surface area contributed by atoms with Gasteiger partial charge in [-0.3, -0.25) is 0 Å². The molecule has 0 saturated carbocycles. The minimum Gasteiger partial charge on any atom is 0 e. The largest absolute Gasteiger partial charge is 0 e. The van der Waals surface area contributed by atoms with E-state index >= 15 is 0 Å². The van der Waals surface area contributed by atoms with Gasteiger partial charge in [-0.25, -0.2) is 9.13 Å². The first-order chi connectivity index (χ1) is 5.12. The first-order valence-corrected chi connectivity index (χ1v) is 6.10. The standard InChI is InChI=1S/H4O7P2.2O.V.Zr/c1-8(2,3)7-9(4,5)6;;;;/h(H2,1,2,3)(H2,4,5,6);;;;. The minimum absolute atomic E-state index is 0. The van der Waals surface area contributed by atoms with Crippen LogP contribution in [0.15, 0.2) is 0 Å². The van der Waals surface area contributed by atoms with Gasteiger partial charge in [0.05, 0.1) is 0 Å². The topological polar surface area (TPSA) is 158 Å². The van der Waals surface area contributed by atoms with Crippen molar-refractivity contribution in [3.63, 3.8) is 0 Å². The maximum atomic E-state index is 9.63. The summed E-state index contributed by atoms with van der Waals surface area (Å²) in [4.78, 5) is 31.0. The Morgan fingerprint density at radius 3 is 1.08 bits per heavy atom. The molecule has 77 valence electrons. The molecule has 13 heavy (non-hydrogen) atoms. The zero-order valence-electron chi connectivity index (χ0n) is 5.67. The molecule has 0 saturated heterocycles. The molecule has 0 aromatic carbocycles. The molecule has 0 atom stereocenters. The number of hydrogen-bond acceptors (Lipinski definition) is 5. The van der Waals surface area contributed by atoms with Crippen molar-refractivity contribution >= 4 is 15.6 Å². The third kappa shape index (κ3) is 31.8. The van der Waals surface area contributed by atoms with Crippen molar-refractivity contribution in [2.75, 3.05) is 0 Å². The summed E-state index contributed by atoms with van der Waals surface area (Å²) in [6.45, 7) is 0. The maximum absolute atomic E-state index is 9.63. The summed E-state index contributed by atoms with van der Waals surface area (Å²) in [5.41, 5.74) is 0. The Morgan fingerprint density at radius 1 is 0.923 bits per heavy atom. The Labute approximate surface area is 98.0 Å². The molecule has 0 amide bonds. The van der Waals surface area contributed by atoms with E-state index in [-0.39, 0.29) is 26.2 Å². The van der Waals surface area contributed by atoms with Crippen LogP contribution in [0.25, 0.3) is 0 Å². The summed E-state index contributed by atoms with van der Waals surface area (Å²) in [6.07, 6.45) is 0. The summed E-state index contributed by atoms with van der Waals surface area (Å²) in [6, 6.07) is 0. The Morgan fingerprint density at radius 2 is 1.08 bits per heavy atom. The van der Waals surface area contributed by atoms with Crippen LogP contribution in [-0.2, 0) is 63.2 Å². The second-order valence-electron chi connectivity index (χ2n) is 1.14. The molecule has 0 bridgehead atoms. The predicted molar refractivity (Wildman–Crippen MR) is 26.5 cm³/mol. The van der Waals surface area contributed by atoms with Gasteiger partial charge in [0.15, 0.2) is 0 Å². The molecule has 13 heteroatoms. The van der Waals surface area contributed by atoms with Crippen LogP contribution in [0.2, 0.25) is 0 Å². The fourth-order valence-electron chi connectivity index (χ4n) is 0.139. The van der Waals surface area contributed by atoms with Crippen LogP contribution in [0.5, 0.6) is 0 Å². The van der Waals surface area contributed by atoms with Crippen LogP contribution in [-0.4, -0.2) is 19.6 Å². The van der Waals surface area contributed by atoms with Gasteiger partial charge in [0, 0.05) is 26.2 Å². The van der Waals surface area contributed by atoms with E-state index < -0.39 is 31.8 Å². The minimum atomic E-state index is -5.05. The molecule has 9 nitrogen and oxygen atoms in total. The third-order valence-electron chi connectivity index (χ3n) is 0.213. The monoisotopic (exact) mass is 351 g/mol. The first kappa shape index (κ1) is 19.8. The zero-order chi connectivity index (χ0) is 10.4. The van der Waals surface area contributed by atoms with E-state index in [0.717, 1.165) is 0 Å². The van der Waals surface area contributed by atoms with E-state index in [4.69, 9.17) is 26.9 Å². The van der Waals surface area contributed by atoms with Crippen molar-refractivity contribution in [2.24, 2.45) is 0 Å². The fraction of sp³-hybridized carbons (Fsp3) is 0. The van der Waals surface area contributed by atoms with Crippen molar-refractivity contribution in [3.05, 3.63) is 0 Å². The smallest absolute Gasteiger partial charge is 0 e. The number of rotatable bonds is 2. The molecule has 0 aliphatic heterocycles. The number of phosphoric acid groups is 2. The molecular weight excluding hydrogens is 348 g/mol. The normalized spacial score (nSPS) is 10.2. The summed E-state index contributed by atoms with van der Waals surface area (Å²) in [7, 11) is -10.1. The van der Waals surface area contributed by atoms with Gasteiger partial charge in [-0.2, -0.15) is 4.31 Å². The second-order valence-corrected chi connectivity index (χ2v) is 3.99. The average molecular weight is 352 g/mol. The van der Waals surface area contributed by atoms with Crippen molar-refractivity contribution in [2.45, 2.75) is 0 Å². The summed E-state index contributed by atoms with van der Waals surface area (Å²) >= 11 is -1.81. The van der Waals surface area contributed by atoms with Crippen LogP contribution < -0.4 is 0 Å². The van der Waals surface area contributed by atoms with Crippen molar-refractivity contribution in [3.8, 4) is 0 Å². The van der Waals surface area contributed by atoms with Gasteiger partial charge in [-0.05, 0) is 0 Å². The van der Waals surface area contributed by atoms with Gasteiger partial charge in [0.1, 0.15) is 0 Å². The maximum Gasteiger partial charge on any atom is 0 e. The third-order valence-corrected chi connectivity index (χ3v) is 1.91. The van der Waals surface area contributed by atoms with Gasteiger partial charge >= 0.3 is 39.2 Å². The van der Waals surface area contributed by atoms with Gasteiger partial charge in [-0.1, -0.05) is 0 Å². The average Bonchev–Trinajstić information content (AvgIpc) is 1.53. The van der Waals surface area contributed by atoms with E-state index in [0.29, 0.717) is 0 Å². The second kappa shape index (κ2) is 8.62. The molecule has 0 aromatic rings. The van der Waals surface area contributed by atoms with Crippen LogP contribution in [0.3, 0.4) is 0 Å². The van der Waals surface area contributed by atoms with Crippen molar-refractivity contribution in [1.29, 1.82) is 0 Å². The molecule has 0 heterocycles. The molecule has 0 aliphatic carbocycles. The van der Waals surface area contributed by atoms with Crippen molar-refractivity contribution < 1.29 is 82.7 Å². The van der Waals surface area contributed by atoms with E-state index in [1.54, 1.807) is 0 Å².